The Morgan fingerprint density at radius 3 is 2.48 bits per heavy atom. The number of rotatable bonds is 7. The van der Waals surface area contributed by atoms with Crippen molar-refractivity contribution in [2.45, 2.75) is 25.7 Å². The zero-order valence-electron chi connectivity index (χ0n) is 17.6. The van der Waals surface area contributed by atoms with E-state index >= 15 is 0 Å². The number of hydrogen-bond acceptors (Lipinski definition) is 2. The van der Waals surface area contributed by atoms with Crippen LogP contribution in [0.2, 0.25) is 0 Å². The number of carbonyl (C=O) groups excluding carboxylic acids is 2. The lowest BCUT2D eigenvalue weighted by molar-refractivity contribution is -0.126. The lowest BCUT2D eigenvalue weighted by Gasteiger charge is -2.21. The average molecular weight is 413 g/mol. The zero-order chi connectivity index (χ0) is 21.5. The summed E-state index contributed by atoms with van der Waals surface area (Å²) in [6.45, 7) is 1.40. The standard InChI is InChI=1S/C27H28N2O2/c30-26-24(10-5-16-28-26)18-21-11-13-22(14-12-21)23-8-4-9-25(19-23)27(31)29-17-15-20-6-2-1-3-7-20/h1-4,6-9,11-14,19,24H,5,10,15-18H2,(H,28,30)(H,29,31). The molecule has 158 valence electrons. The van der Waals surface area contributed by atoms with Gasteiger partial charge in [0.1, 0.15) is 0 Å². The second-order valence-electron chi connectivity index (χ2n) is 8.10. The maximum atomic E-state index is 12.6. The summed E-state index contributed by atoms with van der Waals surface area (Å²) in [5.74, 6) is 0.182. The van der Waals surface area contributed by atoms with Gasteiger partial charge in [0, 0.05) is 24.6 Å². The van der Waals surface area contributed by atoms with Crippen molar-refractivity contribution >= 4 is 11.8 Å². The van der Waals surface area contributed by atoms with Gasteiger partial charge < -0.3 is 10.6 Å². The van der Waals surface area contributed by atoms with E-state index in [1.165, 1.54) is 11.1 Å². The summed E-state index contributed by atoms with van der Waals surface area (Å²) < 4.78 is 0. The Bertz CT molecular complexity index is 1030. The molecule has 2 amide bonds. The Hall–Kier alpha value is -3.40. The van der Waals surface area contributed by atoms with E-state index in [-0.39, 0.29) is 17.7 Å². The highest BCUT2D eigenvalue weighted by Crippen LogP contribution is 2.23. The fraction of sp³-hybridized carbons (Fsp3) is 0.259. The first kappa shape index (κ1) is 20.9. The molecule has 1 atom stereocenters. The van der Waals surface area contributed by atoms with Gasteiger partial charge in [-0.15, -0.1) is 0 Å². The van der Waals surface area contributed by atoms with Gasteiger partial charge in [0.05, 0.1) is 0 Å². The molecule has 3 aromatic rings. The van der Waals surface area contributed by atoms with E-state index in [1.54, 1.807) is 0 Å². The molecule has 4 heteroatoms. The SMILES string of the molecule is O=C(NCCc1ccccc1)c1cccc(-c2ccc(CC3CCCNC3=O)cc2)c1. The maximum Gasteiger partial charge on any atom is 0.251 e. The van der Waals surface area contributed by atoms with Crippen molar-refractivity contribution in [2.75, 3.05) is 13.1 Å². The van der Waals surface area contributed by atoms with Crippen LogP contribution in [0.5, 0.6) is 0 Å². The lowest BCUT2D eigenvalue weighted by Crippen LogP contribution is -2.37. The van der Waals surface area contributed by atoms with Crippen LogP contribution in [0.15, 0.2) is 78.9 Å². The van der Waals surface area contributed by atoms with Crippen LogP contribution < -0.4 is 10.6 Å². The summed E-state index contributed by atoms with van der Waals surface area (Å²) in [5, 5.41) is 5.96. The van der Waals surface area contributed by atoms with Gasteiger partial charge >= 0.3 is 0 Å². The second-order valence-corrected chi connectivity index (χ2v) is 8.10. The molecular formula is C27H28N2O2. The predicted octanol–water partition coefficient (Wildman–Crippen LogP) is 4.39. The second kappa shape index (κ2) is 10.1. The van der Waals surface area contributed by atoms with Crippen LogP contribution in [0.4, 0.5) is 0 Å². The smallest absolute Gasteiger partial charge is 0.251 e. The number of hydrogen-bond donors (Lipinski definition) is 2. The molecule has 1 saturated heterocycles. The molecule has 0 saturated carbocycles. The first-order chi connectivity index (χ1) is 15.2. The quantitative estimate of drug-likeness (QED) is 0.604. The van der Waals surface area contributed by atoms with E-state index in [1.807, 2.05) is 42.5 Å². The number of carbonyl (C=O) groups is 2. The highest BCUT2D eigenvalue weighted by atomic mass is 16.2. The molecule has 4 rings (SSSR count). The minimum absolute atomic E-state index is 0.0577. The summed E-state index contributed by atoms with van der Waals surface area (Å²) in [5.41, 5.74) is 5.12. The summed E-state index contributed by atoms with van der Waals surface area (Å²) in [7, 11) is 0. The number of benzene rings is 3. The molecule has 2 N–H and O–H groups in total. The summed E-state index contributed by atoms with van der Waals surface area (Å²) in [6, 6.07) is 26.2. The Labute approximate surface area is 183 Å². The van der Waals surface area contributed by atoms with Crippen LogP contribution in [0, 0.1) is 5.92 Å². The summed E-state index contributed by atoms with van der Waals surface area (Å²) in [4.78, 5) is 24.6. The van der Waals surface area contributed by atoms with Crippen LogP contribution in [0.1, 0.15) is 34.3 Å². The van der Waals surface area contributed by atoms with E-state index in [0.717, 1.165) is 43.4 Å². The van der Waals surface area contributed by atoms with Gasteiger partial charge in [0.15, 0.2) is 0 Å². The van der Waals surface area contributed by atoms with Crippen molar-refractivity contribution in [3.63, 3.8) is 0 Å². The van der Waals surface area contributed by atoms with Crippen LogP contribution in [-0.2, 0) is 17.6 Å². The predicted molar refractivity (Wildman–Crippen MR) is 124 cm³/mol. The highest BCUT2D eigenvalue weighted by molar-refractivity contribution is 5.95. The molecule has 1 heterocycles. The fourth-order valence-corrected chi connectivity index (χ4v) is 4.06. The van der Waals surface area contributed by atoms with Crippen LogP contribution >= 0.6 is 0 Å². The van der Waals surface area contributed by atoms with Crippen molar-refractivity contribution in [2.24, 2.45) is 5.92 Å². The van der Waals surface area contributed by atoms with E-state index in [4.69, 9.17) is 0 Å². The molecule has 0 aliphatic carbocycles. The molecule has 1 fully saturated rings. The lowest BCUT2D eigenvalue weighted by atomic mass is 9.91. The molecule has 1 unspecified atom stereocenters. The first-order valence-electron chi connectivity index (χ1n) is 11.0. The Kier molecular flexibility index (Phi) is 6.78. The van der Waals surface area contributed by atoms with E-state index in [2.05, 4.69) is 47.0 Å². The van der Waals surface area contributed by atoms with E-state index in [9.17, 15) is 9.59 Å². The van der Waals surface area contributed by atoms with Crippen LogP contribution in [0.3, 0.4) is 0 Å². The van der Waals surface area contributed by atoms with Crippen LogP contribution in [0.25, 0.3) is 11.1 Å². The summed E-state index contributed by atoms with van der Waals surface area (Å²) >= 11 is 0. The molecular weight excluding hydrogens is 384 g/mol. The largest absolute Gasteiger partial charge is 0.356 e. The number of nitrogens with one attached hydrogen (secondary N) is 2. The normalized spacial score (nSPS) is 15.9. The van der Waals surface area contributed by atoms with Gasteiger partial charge in [-0.1, -0.05) is 66.7 Å². The topological polar surface area (TPSA) is 58.2 Å². The van der Waals surface area contributed by atoms with Crippen molar-refractivity contribution in [3.8, 4) is 11.1 Å². The Morgan fingerprint density at radius 1 is 0.903 bits per heavy atom. The first-order valence-corrected chi connectivity index (χ1v) is 11.0. The third-order valence-electron chi connectivity index (χ3n) is 5.84. The minimum atomic E-state index is -0.0577. The van der Waals surface area contributed by atoms with Gasteiger partial charge in [-0.3, -0.25) is 9.59 Å². The molecule has 4 nitrogen and oxygen atoms in total. The van der Waals surface area contributed by atoms with Crippen LogP contribution in [-0.4, -0.2) is 24.9 Å². The molecule has 1 aliphatic rings. The van der Waals surface area contributed by atoms with Gasteiger partial charge in [-0.05, 0) is 60.1 Å². The molecule has 1 aliphatic heterocycles. The van der Waals surface area contributed by atoms with Gasteiger partial charge in [0.25, 0.3) is 5.91 Å². The molecule has 3 aromatic carbocycles. The van der Waals surface area contributed by atoms with E-state index < -0.39 is 0 Å². The molecule has 0 aromatic heterocycles. The zero-order valence-corrected chi connectivity index (χ0v) is 17.6. The Balaban J connectivity index is 1.37. The monoisotopic (exact) mass is 412 g/mol. The van der Waals surface area contributed by atoms with Gasteiger partial charge in [0.2, 0.25) is 5.91 Å². The molecule has 0 bridgehead atoms. The van der Waals surface area contributed by atoms with Crippen molar-refractivity contribution in [1.82, 2.24) is 10.6 Å². The van der Waals surface area contributed by atoms with Crippen molar-refractivity contribution in [3.05, 3.63) is 95.6 Å². The van der Waals surface area contributed by atoms with E-state index in [0.29, 0.717) is 12.1 Å². The fourth-order valence-electron chi connectivity index (χ4n) is 4.06. The van der Waals surface area contributed by atoms with Gasteiger partial charge in [-0.25, -0.2) is 0 Å². The highest BCUT2D eigenvalue weighted by Gasteiger charge is 2.21. The number of piperidine rings is 1. The third kappa shape index (κ3) is 5.60. The Morgan fingerprint density at radius 2 is 1.71 bits per heavy atom. The molecule has 31 heavy (non-hydrogen) atoms. The molecule has 0 radical (unpaired) electrons. The summed E-state index contributed by atoms with van der Waals surface area (Å²) in [6.07, 6.45) is 3.59. The van der Waals surface area contributed by atoms with Gasteiger partial charge in [-0.2, -0.15) is 0 Å². The molecule has 0 spiro atoms. The number of amides is 2. The maximum absolute atomic E-state index is 12.6. The third-order valence-corrected chi connectivity index (χ3v) is 5.84. The average Bonchev–Trinajstić information content (AvgIpc) is 2.82. The van der Waals surface area contributed by atoms with Crippen molar-refractivity contribution in [1.29, 1.82) is 0 Å². The minimum Gasteiger partial charge on any atom is -0.356 e. The van der Waals surface area contributed by atoms with Crippen molar-refractivity contribution < 1.29 is 9.59 Å².